The van der Waals surface area contributed by atoms with E-state index in [9.17, 15) is 4.79 Å². The Morgan fingerprint density at radius 2 is 2.00 bits per heavy atom. The van der Waals surface area contributed by atoms with Gasteiger partial charge in [0.2, 0.25) is 0 Å². The molecule has 0 unspecified atom stereocenters. The van der Waals surface area contributed by atoms with E-state index in [2.05, 4.69) is 17.0 Å². The summed E-state index contributed by atoms with van der Waals surface area (Å²) in [5.41, 5.74) is 1.89. The van der Waals surface area contributed by atoms with Crippen LogP contribution < -0.4 is 0 Å². The maximum Gasteiger partial charge on any atom is 0.331 e. The Balaban J connectivity index is 0.00000162. The Hall–Kier alpha value is -1.32. The quantitative estimate of drug-likeness (QED) is 0.911. The van der Waals surface area contributed by atoms with Crippen molar-refractivity contribution in [3.8, 4) is 0 Å². The van der Waals surface area contributed by atoms with Crippen LogP contribution in [0.25, 0.3) is 0 Å². The van der Waals surface area contributed by atoms with Gasteiger partial charge in [0.05, 0.1) is 0 Å². The summed E-state index contributed by atoms with van der Waals surface area (Å²) in [6.07, 6.45) is 3.51. The molecule has 0 amide bonds. The number of nitrogens with zero attached hydrogens (tertiary/aromatic N) is 1. The molecule has 1 aromatic carbocycles. The molecule has 1 N–H and O–H groups in total. The van der Waals surface area contributed by atoms with Crippen LogP contribution in [-0.2, 0) is 11.2 Å². The Morgan fingerprint density at radius 3 is 2.56 bits per heavy atom. The summed E-state index contributed by atoms with van der Waals surface area (Å²) in [6.45, 7) is 2.60. The van der Waals surface area contributed by atoms with Crippen LogP contribution in [0.4, 0.5) is 0 Å². The van der Waals surface area contributed by atoms with Gasteiger partial charge in [-0.15, -0.1) is 12.4 Å². The predicted octanol–water partition coefficient (Wildman–Crippen LogP) is 2.37. The summed E-state index contributed by atoms with van der Waals surface area (Å²) < 4.78 is 0. The van der Waals surface area contributed by atoms with E-state index >= 15 is 0 Å². The summed E-state index contributed by atoms with van der Waals surface area (Å²) >= 11 is 0. The maximum absolute atomic E-state index is 10.8. The van der Waals surface area contributed by atoms with Gasteiger partial charge in [0, 0.05) is 25.2 Å². The van der Waals surface area contributed by atoms with E-state index in [1.54, 1.807) is 0 Å². The zero-order chi connectivity index (χ0) is 12.1. The smallest absolute Gasteiger partial charge is 0.331 e. The Kier molecular flexibility index (Phi) is 5.89. The Labute approximate surface area is 114 Å². The van der Waals surface area contributed by atoms with Gasteiger partial charge < -0.3 is 5.11 Å². The summed E-state index contributed by atoms with van der Waals surface area (Å²) in [7, 11) is 0. The van der Waals surface area contributed by atoms with E-state index in [1.807, 2.05) is 24.3 Å². The Bertz CT molecular complexity index is 417. The Morgan fingerprint density at radius 1 is 1.28 bits per heavy atom. The fraction of sp³-hybridized carbons (Fsp3) is 0.357. The van der Waals surface area contributed by atoms with Gasteiger partial charge in [0.1, 0.15) is 0 Å². The van der Waals surface area contributed by atoms with Gasteiger partial charge in [-0.05, 0) is 18.4 Å². The van der Waals surface area contributed by atoms with Crippen molar-refractivity contribution in [2.45, 2.75) is 12.8 Å². The minimum atomic E-state index is -0.771. The number of hydrogen-bond acceptors (Lipinski definition) is 2. The first kappa shape index (κ1) is 14.7. The van der Waals surface area contributed by atoms with Gasteiger partial charge >= 0.3 is 5.97 Å². The highest BCUT2D eigenvalue weighted by atomic mass is 35.5. The van der Waals surface area contributed by atoms with Crippen LogP contribution in [0.2, 0.25) is 0 Å². The third-order valence-electron chi connectivity index (χ3n) is 3.13. The van der Waals surface area contributed by atoms with Crippen LogP contribution in [0.15, 0.2) is 42.0 Å². The van der Waals surface area contributed by atoms with E-state index in [0.29, 0.717) is 12.0 Å². The van der Waals surface area contributed by atoms with E-state index in [4.69, 9.17) is 5.11 Å². The van der Waals surface area contributed by atoms with Gasteiger partial charge in [-0.3, -0.25) is 4.90 Å². The van der Waals surface area contributed by atoms with E-state index in [1.165, 1.54) is 5.56 Å². The molecular weight excluding hydrogens is 250 g/mol. The van der Waals surface area contributed by atoms with Crippen molar-refractivity contribution >= 4 is 18.4 Å². The molecule has 18 heavy (non-hydrogen) atoms. The number of aliphatic carboxylic acids is 1. The van der Waals surface area contributed by atoms with Crippen LogP contribution in [0.3, 0.4) is 0 Å². The number of carboxylic acid groups (broad SMARTS) is 1. The molecule has 1 heterocycles. The van der Waals surface area contributed by atoms with E-state index in [0.717, 1.165) is 26.1 Å². The SMILES string of the molecule is Cl.O=C(O)C1=CCN(CCc2ccccc2)CC1. The van der Waals surface area contributed by atoms with Crippen LogP contribution >= 0.6 is 12.4 Å². The first-order chi connectivity index (χ1) is 8.25. The van der Waals surface area contributed by atoms with Crippen molar-refractivity contribution in [1.82, 2.24) is 4.90 Å². The molecule has 98 valence electrons. The standard InChI is InChI=1S/C14H17NO2.ClH/c16-14(17)13-7-10-15(11-8-13)9-6-12-4-2-1-3-5-12;/h1-5,7H,6,8-11H2,(H,16,17);1H. The van der Waals surface area contributed by atoms with Gasteiger partial charge in [0.25, 0.3) is 0 Å². The number of carboxylic acids is 1. The van der Waals surface area contributed by atoms with Gasteiger partial charge in [-0.2, -0.15) is 0 Å². The van der Waals surface area contributed by atoms with Crippen molar-refractivity contribution in [3.63, 3.8) is 0 Å². The number of benzene rings is 1. The number of rotatable bonds is 4. The van der Waals surface area contributed by atoms with E-state index < -0.39 is 5.97 Å². The van der Waals surface area contributed by atoms with Gasteiger partial charge in [-0.25, -0.2) is 4.79 Å². The lowest BCUT2D eigenvalue weighted by molar-refractivity contribution is -0.133. The maximum atomic E-state index is 10.8. The number of carbonyl (C=O) groups is 1. The normalized spacial score (nSPS) is 15.7. The first-order valence-electron chi connectivity index (χ1n) is 5.94. The lowest BCUT2D eigenvalue weighted by Gasteiger charge is -2.24. The highest BCUT2D eigenvalue weighted by Crippen LogP contribution is 2.11. The van der Waals surface area contributed by atoms with Crippen LogP contribution in [0, 0.1) is 0 Å². The highest BCUT2D eigenvalue weighted by molar-refractivity contribution is 5.86. The van der Waals surface area contributed by atoms with E-state index in [-0.39, 0.29) is 12.4 Å². The molecule has 0 aromatic heterocycles. The molecule has 2 rings (SSSR count). The molecule has 0 bridgehead atoms. The minimum absolute atomic E-state index is 0. The largest absolute Gasteiger partial charge is 0.478 e. The summed E-state index contributed by atoms with van der Waals surface area (Å²) in [6, 6.07) is 10.4. The molecule has 0 radical (unpaired) electrons. The average molecular weight is 268 g/mol. The molecule has 0 atom stereocenters. The molecule has 0 saturated heterocycles. The fourth-order valence-electron chi connectivity index (χ4n) is 2.04. The molecule has 0 spiro atoms. The third kappa shape index (κ3) is 4.17. The molecule has 0 fully saturated rings. The second-order valence-electron chi connectivity index (χ2n) is 4.32. The second kappa shape index (κ2) is 7.19. The zero-order valence-electron chi connectivity index (χ0n) is 10.2. The third-order valence-corrected chi connectivity index (χ3v) is 3.13. The summed E-state index contributed by atoms with van der Waals surface area (Å²) in [5.74, 6) is -0.771. The van der Waals surface area contributed by atoms with Crippen molar-refractivity contribution in [3.05, 3.63) is 47.5 Å². The van der Waals surface area contributed by atoms with Gasteiger partial charge in [-0.1, -0.05) is 36.4 Å². The molecule has 0 aliphatic carbocycles. The van der Waals surface area contributed by atoms with Crippen molar-refractivity contribution in [2.75, 3.05) is 19.6 Å². The lowest BCUT2D eigenvalue weighted by atomic mass is 10.1. The van der Waals surface area contributed by atoms with Crippen LogP contribution in [0.1, 0.15) is 12.0 Å². The molecule has 3 nitrogen and oxygen atoms in total. The monoisotopic (exact) mass is 267 g/mol. The number of hydrogen-bond donors (Lipinski definition) is 1. The van der Waals surface area contributed by atoms with Crippen LogP contribution in [-0.4, -0.2) is 35.6 Å². The number of halogens is 1. The second-order valence-corrected chi connectivity index (χ2v) is 4.32. The first-order valence-corrected chi connectivity index (χ1v) is 5.94. The lowest BCUT2D eigenvalue weighted by Crippen LogP contribution is -2.31. The zero-order valence-corrected chi connectivity index (χ0v) is 11.0. The molecule has 1 aromatic rings. The van der Waals surface area contributed by atoms with Crippen LogP contribution in [0.5, 0.6) is 0 Å². The highest BCUT2D eigenvalue weighted by Gasteiger charge is 2.15. The molecular formula is C14H18ClNO2. The fourth-order valence-corrected chi connectivity index (χ4v) is 2.04. The molecule has 4 heteroatoms. The van der Waals surface area contributed by atoms with Crippen molar-refractivity contribution in [1.29, 1.82) is 0 Å². The molecule has 0 saturated carbocycles. The van der Waals surface area contributed by atoms with Crippen molar-refractivity contribution < 1.29 is 9.90 Å². The predicted molar refractivity (Wildman–Crippen MR) is 74.2 cm³/mol. The molecule has 1 aliphatic heterocycles. The molecule has 1 aliphatic rings. The topological polar surface area (TPSA) is 40.5 Å². The summed E-state index contributed by atoms with van der Waals surface area (Å²) in [5, 5.41) is 8.85. The average Bonchev–Trinajstić information content (AvgIpc) is 2.38. The van der Waals surface area contributed by atoms with Crippen molar-refractivity contribution in [2.24, 2.45) is 0 Å². The minimum Gasteiger partial charge on any atom is -0.478 e. The van der Waals surface area contributed by atoms with Gasteiger partial charge in [0.15, 0.2) is 0 Å². The summed E-state index contributed by atoms with van der Waals surface area (Å²) in [4.78, 5) is 13.0.